The molecule has 0 saturated heterocycles. The van der Waals surface area contributed by atoms with Gasteiger partial charge in [0.15, 0.2) is 0 Å². The van der Waals surface area contributed by atoms with Gasteiger partial charge in [-0.3, -0.25) is 9.59 Å². The summed E-state index contributed by atoms with van der Waals surface area (Å²) in [5.41, 5.74) is 5.21. The largest absolute Gasteiger partial charge is 0.322 e. The fourth-order valence-electron chi connectivity index (χ4n) is 2.07. The van der Waals surface area contributed by atoms with Crippen molar-refractivity contribution in [3.63, 3.8) is 0 Å². The van der Waals surface area contributed by atoms with Crippen molar-refractivity contribution in [2.45, 2.75) is 27.7 Å². The number of anilines is 2. The van der Waals surface area contributed by atoms with Crippen LogP contribution in [0.2, 0.25) is 0 Å². The SMILES string of the molecule is C=CC(=O)Nc1c(C)c(C)c(C)c(NC(=O)C=C)c1C. The third-order valence-electron chi connectivity index (χ3n) is 3.49. The minimum absolute atomic E-state index is 0.277. The van der Waals surface area contributed by atoms with Crippen molar-refractivity contribution in [1.29, 1.82) is 0 Å². The zero-order chi connectivity index (χ0) is 15.4. The number of carbonyl (C=O) groups is 2. The molecule has 0 aromatic heterocycles. The van der Waals surface area contributed by atoms with Crippen molar-refractivity contribution in [3.05, 3.63) is 47.6 Å². The maximum Gasteiger partial charge on any atom is 0.247 e. The molecule has 1 rings (SSSR count). The van der Waals surface area contributed by atoms with Crippen molar-refractivity contribution < 1.29 is 9.59 Å². The molecule has 1 aromatic rings. The molecule has 2 N–H and O–H groups in total. The lowest BCUT2D eigenvalue weighted by atomic mass is 9.95. The summed E-state index contributed by atoms with van der Waals surface area (Å²) in [4.78, 5) is 23.1. The summed E-state index contributed by atoms with van der Waals surface area (Å²) in [7, 11) is 0. The minimum Gasteiger partial charge on any atom is -0.322 e. The summed E-state index contributed by atoms with van der Waals surface area (Å²) >= 11 is 0. The highest BCUT2D eigenvalue weighted by Crippen LogP contribution is 2.34. The van der Waals surface area contributed by atoms with Crippen LogP contribution < -0.4 is 10.6 Å². The summed E-state index contributed by atoms with van der Waals surface area (Å²) in [6.45, 7) is 14.6. The van der Waals surface area contributed by atoms with E-state index in [0.717, 1.165) is 22.3 Å². The number of amides is 2. The molecule has 0 aliphatic carbocycles. The molecule has 0 aliphatic rings. The topological polar surface area (TPSA) is 58.2 Å². The van der Waals surface area contributed by atoms with Crippen LogP contribution in [-0.2, 0) is 9.59 Å². The Morgan fingerprint density at radius 3 is 1.40 bits per heavy atom. The average Bonchev–Trinajstić information content (AvgIpc) is 2.45. The average molecular weight is 272 g/mol. The Labute approximate surface area is 119 Å². The van der Waals surface area contributed by atoms with E-state index in [-0.39, 0.29) is 11.8 Å². The van der Waals surface area contributed by atoms with E-state index < -0.39 is 0 Å². The zero-order valence-corrected chi connectivity index (χ0v) is 12.4. The molecule has 4 heteroatoms. The fraction of sp³-hybridized carbons (Fsp3) is 0.250. The van der Waals surface area contributed by atoms with Gasteiger partial charge in [-0.25, -0.2) is 0 Å². The Morgan fingerprint density at radius 2 is 1.10 bits per heavy atom. The second kappa shape index (κ2) is 6.19. The van der Waals surface area contributed by atoms with E-state index in [9.17, 15) is 9.59 Å². The van der Waals surface area contributed by atoms with Crippen molar-refractivity contribution >= 4 is 23.2 Å². The Kier molecular flexibility index (Phi) is 4.86. The van der Waals surface area contributed by atoms with Gasteiger partial charge in [-0.1, -0.05) is 13.2 Å². The molecule has 0 atom stereocenters. The van der Waals surface area contributed by atoms with Crippen LogP contribution in [0.25, 0.3) is 0 Å². The van der Waals surface area contributed by atoms with E-state index in [1.165, 1.54) is 12.2 Å². The summed E-state index contributed by atoms with van der Waals surface area (Å²) in [5, 5.41) is 5.59. The monoisotopic (exact) mass is 272 g/mol. The fourth-order valence-corrected chi connectivity index (χ4v) is 2.07. The zero-order valence-electron chi connectivity index (χ0n) is 12.4. The molecule has 0 fully saturated rings. The Bertz CT molecular complexity index is 552. The number of hydrogen-bond acceptors (Lipinski definition) is 2. The first-order valence-electron chi connectivity index (χ1n) is 6.30. The van der Waals surface area contributed by atoms with Crippen LogP contribution in [0.4, 0.5) is 11.4 Å². The van der Waals surface area contributed by atoms with Gasteiger partial charge in [0.2, 0.25) is 11.8 Å². The van der Waals surface area contributed by atoms with Gasteiger partial charge in [-0.2, -0.15) is 0 Å². The molecule has 0 saturated carbocycles. The summed E-state index contributed by atoms with van der Waals surface area (Å²) in [5.74, 6) is -0.555. The highest BCUT2D eigenvalue weighted by molar-refractivity contribution is 6.04. The molecular formula is C16H20N2O2. The van der Waals surface area contributed by atoms with Crippen LogP contribution in [0.15, 0.2) is 25.3 Å². The van der Waals surface area contributed by atoms with Crippen molar-refractivity contribution in [1.82, 2.24) is 0 Å². The molecule has 20 heavy (non-hydrogen) atoms. The minimum atomic E-state index is -0.277. The molecule has 0 unspecified atom stereocenters. The van der Waals surface area contributed by atoms with Crippen LogP contribution in [0.5, 0.6) is 0 Å². The highest BCUT2D eigenvalue weighted by atomic mass is 16.2. The lowest BCUT2D eigenvalue weighted by Gasteiger charge is -2.20. The lowest BCUT2D eigenvalue weighted by Crippen LogP contribution is -2.15. The number of nitrogens with one attached hydrogen (secondary N) is 2. The van der Waals surface area contributed by atoms with Crippen molar-refractivity contribution in [2.75, 3.05) is 10.6 Å². The smallest absolute Gasteiger partial charge is 0.247 e. The second-order valence-electron chi connectivity index (χ2n) is 4.64. The molecule has 0 bridgehead atoms. The maximum atomic E-state index is 11.5. The Morgan fingerprint density at radius 1 is 0.750 bits per heavy atom. The predicted octanol–water partition coefficient (Wildman–Crippen LogP) is 3.17. The van der Waals surface area contributed by atoms with E-state index in [1.807, 2.05) is 27.7 Å². The molecule has 106 valence electrons. The first-order chi connectivity index (χ1) is 9.33. The van der Waals surface area contributed by atoms with E-state index >= 15 is 0 Å². The van der Waals surface area contributed by atoms with E-state index in [1.54, 1.807) is 0 Å². The molecule has 4 nitrogen and oxygen atoms in total. The van der Waals surface area contributed by atoms with Crippen LogP contribution in [0.3, 0.4) is 0 Å². The Balaban J connectivity index is 3.45. The molecule has 0 heterocycles. The summed E-state index contributed by atoms with van der Waals surface area (Å²) < 4.78 is 0. The predicted molar refractivity (Wildman–Crippen MR) is 83.0 cm³/mol. The molecule has 2 amide bonds. The van der Waals surface area contributed by atoms with E-state index in [2.05, 4.69) is 23.8 Å². The van der Waals surface area contributed by atoms with Gasteiger partial charge < -0.3 is 10.6 Å². The van der Waals surface area contributed by atoms with Gasteiger partial charge >= 0.3 is 0 Å². The third-order valence-corrected chi connectivity index (χ3v) is 3.49. The van der Waals surface area contributed by atoms with Gasteiger partial charge in [0.1, 0.15) is 0 Å². The van der Waals surface area contributed by atoms with Gasteiger partial charge in [-0.15, -0.1) is 0 Å². The summed E-state index contributed by atoms with van der Waals surface area (Å²) in [6, 6.07) is 0. The normalized spacial score (nSPS) is 9.80. The number of hydrogen-bond donors (Lipinski definition) is 2. The molecule has 0 radical (unpaired) electrons. The van der Waals surface area contributed by atoms with Crippen molar-refractivity contribution in [2.24, 2.45) is 0 Å². The maximum absolute atomic E-state index is 11.5. The first kappa shape index (κ1) is 15.7. The van der Waals surface area contributed by atoms with Crippen LogP contribution in [0.1, 0.15) is 22.3 Å². The van der Waals surface area contributed by atoms with Gasteiger partial charge in [0.05, 0.1) is 0 Å². The van der Waals surface area contributed by atoms with Gasteiger partial charge in [-0.05, 0) is 62.1 Å². The van der Waals surface area contributed by atoms with E-state index in [4.69, 9.17) is 0 Å². The Hall–Kier alpha value is -2.36. The number of benzene rings is 1. The third kappa shape index (κ3) is 2.96. The molecular weight excluding hydrogens is 252 g/mol. The summed E-state index contributed by atoms with van der Waals surface area (Å²) in [6.07, 6.45) is 2.44. The first-order valence-corrected chi connectivity index (χ1v) is 6.30. The second-order valence-corrected chi connectivity index (χ2v) is 4.64. The number of rotatable bonds is 4. The van der Waals surface area contributed by atoms with E-state index in [0.29, 0.717) is 11.4 Å². The highest BCUT2D eigenvalue weighted by Gasteiger charge is 2.16. The lowest BCUT2D eigenvalue weighted by molar-refractivity contribution is -0.112. The van der Waals surface area contributed by atoms with Crippen LogP contribution in [-0.4, -0.2) is 11.8 Å². The molecule has 1 aromatic carbocycles. The number of carbonyl (C=O) groups excluding carboxylic acids is 2. The van der Waals surface area contributed by atoms with Gasteiger partial charge in [0.25, 0.3) is 0 Å². The van der Waals surface area contributed by atoms with Gasteiger partial charge in [0, 0.05) is 11.4 Å². The molecule has 0 spiro atoms. The quantitative estimate of drug-likeness (QED) is 0.827. The van der Waals surface area contributed by atoms with Crippen LogP contribution in [0, 0.1) is 27.7 Å². The molecule has 0 aliphatic heterocycles. The van der Waals surface area contributed by atoms with Crippen molar-refractivity contribution in [3.8, 4) is 0 Å². The van der Waals surface area contributed by atoms with Crippen LogP contribution >= 0.6 is 0 Å². The standard InChI is InChI=1S/C16H20N2O2/c1-7-13(19)17-15-10(4)9(3)11(5)16(12(15)6)18-14(20)8-2/h7-8H,1-2H2,3-6H3,(H,17,19)(H,18,20).